The van der Waals surface area contributed by atoms with Crippen LogP contribution in [0, 0.1) is 12.8 Å². The lowest BCUT2D eigenvalue weighted by atomic mass is 9.94. The molecule has 1 fully saturated rings. The maximum Gasteiger partial charge on any atom is 0.283 e. The Morgan fingerprint density at radius 1 is 1.12 bits per heavy atom. The molecule has 2 aliphatic rings. The van der Waals surface area contributed by atoms with E-state index in [2.05, 4.69) is 11.8 Å². The summed E-state index contributed by atoms with van der Waals surface area (Å²) in [4.78, 5) is 3.82. The monoisotopic (exact) mass is 480 g/mol. The highest BCUT2D eigenvalue weighted by Gasteiger charge is 2.35. The van der Waals surface area contributed by atoms with Crippen molar-refractivity contribution in [3.05, 3.63) is 59.2 Å². The summed E-state index contributed by atoms with van der Waals surface area (Å²) in [6.07, 6.45) is 0.630. The van der Waals surface area contributed by atoms with Gasteiger partial charge in [0.15, 0.2) is 0 Å². The Morgan fingerprint density at radius 3 is 2.47 bits per heavy atom. The molecule has 0 saturated carbocycles. The van der Waals surface area contributed by atoms with Crippen molar-refractivity contribution < 1.29 is 28.1 Å². The minimum absolute atomic E-state index is 0.0308. The summed E-state index contributed by atoms with van der Waals surface area (Å²) in [5.74, 6) is -1.78. The molecule has 0 spiro atoms. The fraction of sp³-hybridized carbons (Fsp3) is 0.538. The maximum atomic E-state index is 13.2. The Labute approximate surface area is 199 Å². The van der Waals surface area contributed by atoms with E-state index < -0.39 is 19.1 Å². The standard InChI is InChI=1S/C13H17F2NO2.C13H18FNO/c1-9-5-10-3-2-4-12(18)11(10)6-16(9)7-13(14,15)8-17;1-11-2-4-13(5-3-11)16-7-6-15-9-12(8-14)10-15/h2-4,9,17-18H,5-8H2,1H3;2-5,12H,6-10H2,1H3. The summed E-state index contributed by atoms with van der Waals surface area (Å²) < 4.78 is 44.2. The molecule has 0 radical (unpaired) electrons. The minimum Gasteiger partial charge on any atom is -0.508 e. The van der Waals surface area contributed by atoms with Crippen LogP contribution in [0.4, 0.5) is 13.2 Å². The Kier molecular flexibility index (Phi) is 9.22. The van der Waals surface area contributed by atoms with Gasteiger partial charge in [-0.1, -0.05) is 29.8 Å². The van der Waals surface area contributed by atoms with Crippen LogP contribution in [0.2, 0.25) is 0 Å². The molecule has 0 bridgehead atoms. The van der Waals surface area contributed by atoms with Gasteiger partial charge < -0.3 is 14.9 Å². The van der Waals surface area contributed by atoms with Gasteiger partial charge in [-0.15, -0.1) is 0 Å². The first kappa shape index (κ1) is 26.3. The van der Waals surface area contributed by atoms with E-state index >= 15 is 0 Å². The van der Waals surface area contributed by atoms with Gasteiger partial charge in [0.2, 0.25) is 0 Å². The number of alkyl halides is 3. The highest BCUT2D eigenvalue weighted by Crippen LogP contribution is 2.31. The second-order valence-corrected chi connectivity index (χ2v) is 9.33. The molecule has 0 aromatic heterocycles. The number of rotatable bonds is 8. The highest BCUT2D eigenvalue weighted by atomic mass is 19.3. The van der Waals surface area contributed by atoms with E-state index in [0.717, 1.165) is 30.9 Å². The maximum absolute atomic E-state index is 13.2. The van der Waals surface area contributed by atoms with Crippen LogP contribution in [-0.2, 0) is 13.0 Å². The van der Waals surface area contributed by atoms with Gasteiger partial charge in [-0.2, -0.15) is 0 Å². The Hall–Kier alpha value is -2.29. The molecule has 34 heavy (non-hydrogen) atoms. The predicted octanol–water partition coefficient (Wildman–Crippen LogP) is 4.04. The second kappa shape index (κ2) is 11.9. The summed E-state index contributed by atoms with van der Waals surface area (Å²) in [6, 6.07) is 13.3. The fourth-order valence-electron chi connectivity index (χ4n) is 4.24. The van der Waals surface area contributed by atoms with Gasteiger partial charge in [0.1, 0.15) is 24.7 Å². The van der Waals surface area contributed by atoms with Crippen LogP contribution >= 0.6 is 0 Å². The number of hydrogen-bond acceptors (Lipinski definition) is 5. The van der Waals surface area contributed by atoms with Crippen LogP contribution in [0.5, 0.6) is 11.5 Å². The van der Waals surface area contributed by atoms with E-state index in [-0.39, 0.29) is 24.4 Å². The summed E-state index contributed by atoms with van der Waals surface area (Å²) in [5, 5.41) is 18.4. The molecule has 2 heterocycles. The molecule has 1 saturated heterocycles. The van der Waals surface area contributed by atoms with E-state index in [4.69, 9.17) is 9.84 Å². The lowest BCUT2D eigenvalue weighted by Gasteiger charge is -2.37. The molecule has 4 rings (SSSR count). The van der Waals surface area contributed by atoms with Crippen molar-refractivity contribution >= 4 is 0 Å². The zero-order chi connectivity index (χ0) is 24.7. The van der Waals surface area contributed by atoms with Crippen LogP contribution < -0.4 is 4.74 Å². The highest BCUT2D eigenvalue weighted by molar-refractivity contribution is 5.41. The van der Waals surface area contributed by atoms with Crippen LogP contribution in [0.1, 0.15) is 23.6 Å². The van der Waals surface area contributed by atoms with E-state index in [9.17, 15) is 18.3 Å². The number of hydrogen-bond donors (Lipinski definition) is 2. The van der Waals surface area contributed by atoms with Gasteiger partial charge >= 0.3 is 0 Å². The number of benzene rings is 2. The van der Waals surface area contributed by atoms with E-state index in [1.165, 1.54) is 5.56 Å². The van der Waals surface area contributed by atoms with Gasteiger partial charge in [-0.05, 0) is 44.0 Å². The van der Waals surface area contributed by atoms with E-state index in [1.54, 1.807) is 17.0 Å². The van der Waals surface area contributed by atoms with Crippen LogP contribution in [0.15, 0.2) is 42.5 Å². The average Bonchev–Trinajstić information content (AvgIpc) is 2.78. The number of phenolic OH excluding ortho intramolecular Hbond substituents is 1. The first-order valence-corrected chi connectivity index (χ1v) is 11.7. The number of aryl methyl sites for hydroxylation is 1. The van der Waals surface area contributed by atoms with Crippen molar-refractivity contribution in [2.45, 2.75) is 38.8 Å². The third-order valence-corrected chi connectivity index (χ3v) is 6.36. The van der Waals surface area contributed by atoms with Crippen molar-refractivity contribution in [3.8, 4) is 11.5 Å². The summed E-state index contributed by atoms with van der Waals surface area (Å²) in [6.45, 7) is 5.74. The first-order valence-electron chi connectivity index (χ1n) is 11.7. The molecule has 2 aliphatic heterocycles. The fourth-order valence-corrected chi connectivity index (χ4v) is 4.24. The summed E-state index contributed by atoms with van der Waals surface area (Å²) in [7, 11) is 0. The van der Waals surface area contributed by atoms with Crippen molar-refractivity contribution in [1.82, 2.24) is 9.80 Å². The zero-order valence-electron chi connectivity index (χ0n) is 19.9. The molecule has 188 valence electrons. The van der Waals surface area contributed by atoms with Gasteiger partial charge in [-0.25, -0.2) is 8.78 Å². The molecular weight excluding hydrogens is 445 g/mol. The summed E-state index contributed by atoms with van der Waals surface area (Å²) >= 11 is 0. The molecule has 2 N–H and O–H groups in total. The third kappa shape index (κ3) is 7.35. The number of ether oxygens (including phenoxy) is 1. The number of aliphatic hydroxyl groups excluding tert-OH is 1. The van der Waals surface area contributed by atoms with Gasteiger partial charge in [0.25, 0.3) is 5.92 Å². The lowest BCUT2D eigenvalue weighted by Crippen LogP contribution is -2.49. The minimum atomic E-state index is -3.10. The number of aromatic hydroxyl groups is 1. The number of likely N-dealkylation sites (tertiary alicyclic amines) is 1. The van der Waals surface area contributed by atoms with Gasteiger partial charge in [-0.3, -0.25) is 14.2 Å². The molecule has 2 aromatic carbocycles. The van der Waals surface area contributed by atoms with E-state index in [1.807, 2.05) is 37.3 Å². The Morgan fingerprint density at radius 2 is 1.82 bits per heavy atom. The smallest absolute Gasteiger partial charge is 0.283 e. The van der Waals surface area contributed by atoms with Crippen molar-refractivity contribution in [1.29, 1.82) is 0 Å². The lowest BCUT2D eigenvalue weighted by molar-refractivity contribution is -0.0819. The van der Waals surface area contributed by atoms with E-state index in [0.29, 0.717) is 25.1 Å². The Bertz CT molecular complexity index is 905. The summed E-state index contributed by atoms with van der Waals surface area (Å²) in [5.41, 5.74) is 2.95. The molecular formula is C26H35F3N2O3. The van der Waals surface area contributed by atoms with Crippen molar-refractivity contribution in [2.75, 3.05) is 46.1 Å². The second-order valence-electron chi connectivity index (χ2n) is 9.33. The number of fused-ring (bicyclic) bond motifs is 1. The Balaban J connectivity index is 0.000000192. The number of phenols is 1. The average molecular weight is 481 g/mol. The normalized spacial score (nSPS) is 19.1. The van der Waals surface area contributed by atoms with Crippen molar-refractivity contribution in [3.63, 3.8) is 0 Å². The van der Waals surface area contributed by atoms with Gasteiger partial charge in [0, 0.05) is 43.7 Å². The molecule has 0 amide bonds. The quantitative estimate of drug-likeness (QED) is 0.597. The number of nitrogens with zero attached hydrogens (tertiary/aromatic N) is 2. The zero-order valence-corrected chi connectivity index (χ0v) is 19.9. The number of aliphatic hydroxyl groups is 1. The van der Waals surface area contributed by atoms with Crippen LogP contribution in [0.3, 0.4) is 0 Å². The third-order valence-electron chi connectivity index (χ3n) is 6.36. The SMILES string of the molecule is CC1Cc2cccc(O)c2CN1CC(F)(F)CO.Cc1ccc(OCCN2CC(CF)C2)cc1. The number of halogens is 3. The molecule has 2 aromatic rings. The van der Waals surface area contributed by atoms with Crippen molar-refractivity contribution in [2.24, 2.45) is 5.92 Å². The predicted molar refractivity (Wildman–Crippen MR) is 126 cm³/mol. The molecule has 1 atom stereocenters. The molecule has 8 heteroatoms. The largest absolute Gasteiger partial charge is 0.508 e. The topological polar surface area (TPSA) is 56.2 Å². The molecule has 1 unspecified atom stereocenters. The molecule has 0 aliphatic carbocycles. The van der Waals surface area contributed by atoms with Gasteiger partial charge in [0.05, 0.1) is 13.2 Å². The van der Waals surface area contributed by atoms with Crippen LogP contribution in [-0.4, -0.2) is 78.0 Å². The van der Waals surface area contributed by atoms with Crippen LogP contribution in [0.25, 0.3) is 0 Å². The molecule has 5 nitrogen and oxygen atoms in total. The first-order chi connectivity index (χ1) is 16.2.